The van der Waals surface area contributed by atoms with E-state index in [1.54, 1.807) is 0 Å². The molecular formula is C13H27NO. The largest absolute Gasteiger partial charge is 0.378 e. The summed E-state index contributed by atoms with van der Waals surface area (Å²) in [6.07, 6.45) is 9.44. The van der Waals surface area contributed by atoms with Gasteiger partial charge in [0.25, 0.3) is 0 Å². The monoisotopic (exact) mass is 213 g/mol. The molecule has 15 heavy (non-hydrogen) atoms. The summed E-state index contributed by atoms with van der Waals surface area (Å²) >= 11 is 0. The van der Waals surface area contributed by atoms with Crippen LogP contribution in [0, 0.1) is 5.92 Å². The first-order chi connectivity index (χ1) is 7.22. The van der Waals surface area contributed by atoms with Crippen LogP contribution in [-0.2, 0) is 4.74 Å². The van der Waals surface area contributed by atoms with Gasteiger partial charge >= 0.3 is 0 Å². The number of ether oxygens (including phenoxy) is 1. The van der Waals surface area contributed by atoms with Crippen LogP contribution in [0.4, 0.5) is 0 Å². The average Bonchev–Trinajstić information content (AvgIpc) is 2.25. The molecule has 1 aliphatic rings. The molecule has 0 amide bonds. The molecule has 0 bridgehead atoms. The molecule has 2 N–H and O–H groups in total. The molecule has 0 saturated heterocycles. The third kappa shape index (κ3) is 5.53. The Morgan fingerprint density at radius 2 is 1.93 bits per heavy atom. The Morgan fingerprint density at radius 1 is 1.27 bits per heavy atom. The van der Waals surface area contributed by atoms with Gasteiger partial charge in [-0.05, 0) is 38.5 Å². The van der Waals surface area contributed by atoms with Crippen LogP contribution >= 0.6 is 0 Å². The van der Waals surface area contributed by atoms with Gasteiger partial charge in [-0.2, -0.15) is 0 Å². The van der Waals surface area contributed by atoms with Gasteiger partial charge in [0, 0.05) is 12.6 Å². The van der Waals surface area contributed by atoms with Crippen LogP contribution < -0.4 is 5.73 Å². The first kappa shape index (κ1) is 13.0. The lowest BCUT2D eigenvalue weighted by molar-refractivity contribution is 0.0116. The SMILES string of the molecule is CCC(CC(C)N)OCC1CCCCC1. The fourth-order valence-corrected chi connectivity index (χ4v) is 2.39. The van der Waals surface area contributed by atoms with E-state index in [1.807, 2.05) is 0 Å². The summed E-state index contributed by atoms with van der Waals surface area (Å²) in [5, 5.41) is 0. The Kier molecular flexibility index (Phi) is 6.26. The summed E-state index contributed by atoms with van der Waals surface area (Å²) in [5.41, 5.74) is 5.80. The molecule has 1 aliphatic carbocycles. The second-order valence-corrected chi connectivity index (χ2v) is 5.08. The topological polar surface area (TPSA) is 35.2 Å². The summed E-state index contributed by atoms with van der Waals surface area (Å²) in [6, 6.07) is 0.265. The van der Waals surface area contributed by atoms with Gasteiger partial charge in [-0.1, -0.05) is 26.2 Å². The predicted octanol–water partition coefficient (Wildman–Crippen LogP) is 3.10. The van der Waals surface area contributed by atoms with Crippen LogP contribution in [0.3, 0.4) is 0 Å². The summed E-state index contributed by atoms with van der Waals surface area (Å²) < 4.78 is 5.96. The minimum atomic E-state index is 0.265. The van der Waals surface area contributed by atoms with Crippen LogP contribution in [0.2, 0.25) is 0 Å². The summed E-state index contributed by atoms with van der Waals surface area (Å²) in [7, 11) is 0. The molecule has 1 rings (SSSR count). The molecule has 0 aromatic rings. The van der Waals surface area contributed by atoms with E-state index in [0.29, 0.717) is 6.10 Å². The lowest BCUT2D eigenvalue weighted by Gasteiger charge is -2.25. The van der Waals surface area contributed by atoms with Gasteiger partial charge in [0.05, 0.1) is 6.10 Å². The maximum Gasteiger partial charge on any atom is 0.0587 e. The van der Waals surface area contributed by atoms with Crippen molar-refractivity contribution in [3.05, 3.63) is 0 Å². The zero-order valence-corrected chi connectivity index (χ0v) is 10.4. The summed E-state index contributed by atoms with van der Waals surface area (Å²) in [6.45, 7) is 5.21. The minimum Gasteiger partial charge on any atom is -0.378 e. The van der Waals surface area contributed by atoms with Gasteiger partial charge in [-0.15, -0.1) is 0 Å². The molecule has 0 heterocycles. The van der Waals surface area contributed by atoms with E-state index >= 15 is 0 Å². The van der Waals surface area contributed by atoms with E-state index in [9.17, 15) is 0 Å². The van der Waals surface area contributed by atoms with Crippen molar-refractivity contribution < 1.29 is 4.74 Å². The van der Waals surface area contributed by atoms with Gasteiger partial charge in [0.2, 0.25) is 0 Å². The first-order valence-electron chi connectivity index (χ1n) is 6.59. The smallest absolute Gasteiger partial charge is 0.0587 e. The highest BCUT2D eigenvalue weighted by molar-refractivity contribution is 4.68. The summed E-state index contributed by atoms with van der Waals surface area (Å²) in [4.78, 5) is 0. The van der Waals surface area contributed by atoms with Crippen molar-refractivity contribution in [1.82, 2.24) is 0 Å². The zero-order valence-electron chi connectivity index (χ0n) is 10.4. The number of hydrogen-bond acceptors (Lipinski definition) is 2. The van der Waals surface area contributed by atoms with Crippen LogP contribution in [0.25, 0.3) is 0 Å². The summed E-state index contributed by atoms with van der Waals surface area (Å²) in [5.74, 6) is 0.820. The Balaban J connectivity index is 2.14. The first-order valence-corrected chi connectivity index (χ1v) is 6.59. The van der Waals surface area contributed by atoms with Crippen LogP contribution in [0.15, 0.2) is 0 Å². The second-order valence-electron chi connectivity index (χ2n) is 5.08. The van der Waals surface area contributed by atoms with Gasteiger partial charge in [0.15, 0.2) is 0 Å². The second kappa shape index (κ2) is 7.24. The third-order valence-electron chi connectivity index (χ3n) is 3.38. The van der Waals surface area contributed by atoms with Crippen molar-refractivity contribution in [2.75, 3.05) is 6.61 Å². The molecule has 0 aromatic carbocycles. The molecule has 1 saturated carbocycles. The average molecular weight is 213 g/mol. The third-order valence-corrected chi connectivity index (χ3v) is 3.38. The molecular weight excluding hydrogens is 186 g/mol. The van der Waals surface area contributed by atoms with E-state index in [2.05, 4.69) is 13.8 Å². The molecule has 2 atom stereocenters. The number of rotatable bonds is 6. The van der Waals surface area contributed by atoms with E-state index in [-0.39, 0.29) is 6.04 Å². The van der Waals surface area contributed by atoms with Gasteiger partial charge < -0.3 is 10.5 Å². The molecule has 2 unspecified atom stereocenters. The fourth-order valence-electron chi connectivity index (χ4n) is 2.39. The Hall–Kier alpha value is -0.0800. The number of hydrogen-bond donors (Lipinski definition) is 1. The minimum absolute atomic E-state index is 0.265. The molecule has 0 aromatic heterocycles. The van der Waals surface area contributed by atoms with Crippen molar-refractivity contribution >= 4 is 0 Å². The predicted molar refractivity (Wildman–Crippen MR) is 64.9 cm³/mol. The zero-order chi connectivity index (χ0) is 11.1. The van der Waals surface area contributed by atoms with Crippen LogP contribution in [0.1, 0.15) is 58.8 Å². The standard InChI is InChI=1S/C13H27NO/c1-3-13(9-11(2)14)15-10-12-7-5-4-6-8-12/h11-13H,3-10,14H2,1-2H3. The number of nitrogens with two attached hydrogens (primary N) is 1. The quantitative estimate of drug-likeness (QED) is 0.736. The Labute approximate surface area is 94.6 Å². The van der Waals surface area contributed by atoms with Gasteiger partial charge in [0.1, 0.15) is 0 Å². The van der Waals surface area contributed by atoms with Crippen molar-refractivity contribution in [2.45, 2.75) is 70.9 Å². The maximum absolute atomic E-state index is 5.96. The molecule has 90 valence electrons. The molecule has 2 heteroatoms. The highest BCUT2D eigenvalue weighted by Gasteiger charge is 2.16. The maximum atomic E-state index is 5.96. The van der Waals surface area contributed by atoms with E-state index in [0.717, 1.165) is 25.4 Å². The molecule has 2 nitrogen and oxygen atoms in total. The van der Waals surface area contributed by atoms with Crippen molar-refractivity contribution in [3.8, 4) is 0 Å². The lowest BCUT2D eigenvalue weighted by atomic mass is 9.90. The van der Waals surface area contributed by atoms with Crippen LogP contribution in [-0.4, -0.2) is 18.8 Å². The normalized spacial score (nSPS) is 22.6. The Bertz CT molecular complexity index is 153. The van der Waals surface area contributed by atoms with E-state index in [4.69, 9.17) is 10.5 Å². The van der Waals surface area contributed by atoms with Gasteiger partial charge in [-0.3, -0.25) is 0 Å². The van der Waals surface area contributed by atoms with Crippen molar-refractivity contribution in [2.24, 2.45) is 11.7 Å². The van der Waals surface area contributed by atoms with Crippen LogP contribution in [0.5, 0.6) is 0 Å². The highest BCUT2D eigenvalue weighted by Crippen LogP contribution is 2.24. The van der Waals surface area contributed by atoms with Gasteiger partial charge in [-0.25, -0.2) is 0 Å². The van der Waals surface area contributed by atoms with Crippen molar-refractivity contribution in [1.29, 1.82) is 0 Å². The molecule has 0 spiro atoms. The molecule has 1 fully saturated rings. The lowest BCUT2D eigenvalue weighted by Crippen LogP contribution is -2.26. The van der Waals surface area contributed by atoms with Crippen molar-refractivity contribution in [3.63, 3.8) is 0 Å². The fraction of sp³-hybridized carbons (Fsp3) is 1.00. The van der Waals surface area contributed by atoms with E-state index < -0.39 is 0 Å². The molecule has 0 aliphatic heterocycles. The Morgan fingerprint density at radius 3 is 2.47 bits per heavy atom. The highest BCUT2D eigenvalue weighted by atomic mass is 16.5. The molecule has 0 radical (unpaired) electrons. The van der Waals surface area contributed by atoms with E-state index in [1.165, 1.54) is 32.1 Å².